The summed E-state index contributed by atoms with van der Waals surface area (Å²) in [5.74, 6) is 0.922. The van der Waals surface area contributed by atoms with Crippen molar-refractivity contribution in [2.45, 2.75) is 6.61 Å². The van der Waals surface area contributed by atoms with E-state index in [1.807, 2.05) is 48.5 Å². The predicted octanol–water partition coefficient (Wildman–Crippen LogP) is 4.22. The second kappa shape index (κ2) is 7.92. The van der Waals surface area contributed by atoms with E-state index >= 15 is 0 Å². The van der Waals surface area contributed by atoms with Crippen LogP contribution in [-0.4, -0.2) is 27.2 Å². The highest BCUT2D eigenvalue weighted by molar-refractivity contribution is 9.10. The van der Waals surface area contributed by atoms with Gasteiger partial charge in [0.2, 0.25) is 0 Å². The molecule has 24 heavy (non-hydrogen) atoms. The van der Waals surface area contributed by atoms with Crippen molar-refractivity contribution < 1.29 is 9.53 Å². The van der Waals surface area contributed by atoms with Gasteiger partial charge in [-0.05, 0) is 23.8 Å². The van der Waals surface area contributed by atoms with E-state index in [9.17, 15) is 4.79 Å². The summed E-state index contributed by atoms with van der Waals surface area (Å²) in [6, 6.07) is 15.6. The summed E-state index contributed by atoms with van der Waals surface area (Å²) in [6.45, 7) is 0.459. The van der Waals surface area contributed by atoms with Gasteiger partial charge in [-0.1, -0.05) is 70.2 Å². The summed E-state index contributed by atoms with van der Waals surface area (Å²) in [4.78, 5) is 11.7. The molecule has 3 rings (SSSR count). The Bertz CT molecular complexity index is 780. The summed E-state index contributed by atoms with van der Waals surface area (Å²) in [5, 5.41) is 5.46. The summed E-state index contributed by atoms with van der Waals surface area (Å²) < 4.78 is 7.27. The monoisotopic (exact) mass is 420 g/mol. The van der Waals surface area contributed by atoms with E-state index in [1.54, 1.807) is 6.21 Å². The van der Waals surface area contributed by atoms with Gasteiger partial charge in [-0.2, -0.15) is 10.1 Å². The summed E-state index contributed by atoms with van der Waals surface area (Å²) in [7, 11) is 0. The van der Waals surface area contributed by atoms with Crippen molar-refractivity contribution in [3.63, 3.8) is 0 Å². The zero-order valence-electron chi connectivity index (χ0n) is 12.5. The second-order valence-corrected chi connectivity index (χ2v) is 7.49. The molecule has 0 aromatic heterocycles. The molecule has 1 aliphatic heterocycles. The summed E-state index contributed by atoms with van der Waals surface area (Å²) in [5.41, 5.74) is 1.85. The first-order valence-corrected chi connectivity index (χ1v) is 9.32. The second-order valence-electron chi connectivity index (χ2n) is 4.96. The van der Waals surface area contributed by atoms with Crippen LogP contribution in [0, 0.1) is 0 Å². The van der Waals surface area contributed by atoms with Crippen LogP contribution in [-0.2, 0) is 11.4 Å². The minimum absolute atomic E-state index is 0.108. The minimum Gasteiger partial charge on any atom is -0.488 e. The molecule has 0 unspecified atom stereocenters. The Balaban J connectivity index is 1.78. The fourth-order valence-electron chi connectivity index (χ4n) is 2.07. The predicted molar refractivity (Wildman–Crippen MR) is 104 cm³/mol. The lowest BCUT2D eigenvalue weighted by atomic mass is 10.2. The van der Waals surface area contributed by atoms with Crippen molar-refractivity contribution in [2.75, 3.05) is 5.75 Å². The lowest BCUT2D eigenvalue weighted by Crippen LogP contribution is -2.22. The number of nitrogens with zero attached hydrogens (tertiary/aromatic N) is 2. The SMILES string of the molecule is O=C1CSC(=S)N1/N=C\c1cc(Br)ccc1OCc1ccccc1. The van der Waals surface area contributed by atoms with Gasteiger partial charge in [0, 0.05) is 10.0 Å². The fraction of sp³-hybridized carbons (Fsp3) is 0.118. The number of amides is 1. The molecule has 0 radical (unpaired) electrons. The number of halogens is 1. The van der Waals surface area contributed by atoms with Crippen LogP contribution in [0.1, 0.15) is 11.1 Å². The molecule has 2 aromatic carbocycles. The molecule has 1 aliphatic rings. The third kappa shape index (κ3) is 4.23. The smallest absolute Gasteiger partial charge is 0.259 e. The molecule has 4 nitrogen and oxygen atoms in total. The van der Waals surface area contributed by atoms with E-state index < -0.39 is 0 Å². The van der Waals surface area contributed by atoms with E-state index in [0.717, 1.165) is 15.6 Å². The molecule has 7 heteroatoms. The molecular formula is C17H13BrN2O2S2. The minimum atomic E-state index is -0.108. The van der Waals surface area contributed by atoms with Crippen molar-refractivity contribution in [1.29, 1.82) is 0 Å². The first kappa shape index (κ1) is 17.1. The number of thiocarbonyl (C=S) groups is 1. The highest BCUT2D eigenvalue weighted by Crippen LogP contribution is 2.24. The van der Waals surface area contributed by atoms with Gasteiger partial charge in [0.15, 0.2) is 4.32 Å². The van der Waals surface area contributed by atoms with Gasteiger partial charge in [-0.15, -0.1) is 0 Å². The van der Waals surface area contributed by atoms with Crippen LogP contribution in [0.4, 0.5) is 0 Å². The number of rotatable bonds is 5. The molecule has 1 fully saturated rings. The topological polar surface area (TPSA) is 41.9 Å². The fourth-order valence-corrected chi connectivity index (χ4v) is 3.41. The molecule has 1 heterocycles. The standard InChI is InChI=1S/C17H13BrN2O2S2/c18-14-6-7-15(22-10-12-4-2-1-3-5-12)13(8-14)9-19-20-16(21)11-24-17(20)23/h1-9H,10-11H2/b19-9-. The van der Waals surface area contributed by atoms with Gasteiger partial charge in [0.05, 0.1) is 12.0 Å². The van der Waals surface area contributed by atoms with Gasteiger partial charge in [0.1, 0.15) is 12.4 Å². The zero-order valence-corrected chi connectivity index (χ0v) is 15.7. The van der Waals surface area contributed by atoms with Gasteiger partial charge < -0.3 is 4.74 Å². The zero-order chi connectivity index (χ0) is 16.9. The number of carbonyl (C=O) groups excluding carboxylic acids is 1. The average molecular weight is 421 g/mol. The maximum atomic E-state index is 11.7. The number of ether oxygens (including phenoxy) is 1. The Kier molecular flexibility index (Phi) is 5.65. The van der Waals surface area contributed by atoms with E-state index in [4.69, 9.17) is 17.0 Å². The number of thioether (sulfide) groups is 1. The van der Waals surface area contributed by atoms with Gasteiger partial charge >= 0.3 is 0 Å². The molecule has 122 valence electrons. The molecule has 1 saturated heterocycles. The average Bonchev–Trinajstić information content (AvgIpc) is 2.91. The molecule has 0 aliphatic carbocycles. The highest BCUT2D eigenvalue weighted by atomic mass is 79.9. The molecular weight excluding hydrogens is 408 g/mol. The Hall–Kier alpha value is -1.70. The molecule has 0 N–H and O–H groups in total. The summed E-state index contributed by atoms with van der Waals surface area (Å²) in [6.07, 6.45) is 1.60. The van der Waals surface area contributed by atoms with E-state index in [0.29, 0.717) is 22.4 Å². The lowest BCUT2D eigenvalue weighted by molar-refractivity contribution is -0.123. The van der Waals surface area contributed by atoms with Gasteiger partial charge in [-0.25, -0.2) is 0 Å². The molecule has 0 spiro atoms. The first-order chi connectivity index (χ1) is 11.6. The largest absolute Gasteiger partial charge is 0.488 e. The van der Waals surface area contributed by atoms with Crippen LogP contribution in [0.2, 0.25) is 0 Å². The normalized spacial score (nSPS) is 14.6. The van der Waals surface area contributed by atoms with Crippen LogP contribution in [0.25, 0.3) is 0 Å². The first-order valence-electron chi connectivity index (χ1n) is 7.13. The van der Waals surface area contributed by atoms with Crippen LogP contribution in [0.3, 0.4) is 0 Å². The maximum absolute atomic E-state index is 11.7. The number of hydrogen-bond donors (Lipinski definition) is 0. The summed E-state index contributed by atoms with van der Waals surface area (Å²) >= 11 is 9.88. The molecule has 0 bridgehead atoms. The van der Waals surface area contributed by atoms with E-state index in [1.165, 1.54) is 16.8 Å². The lowest BCUT2D eigenvalue weighted by Gasteiger charge is -2.11. The van der Waals surface area contributed by atoms with Crippen LogP contribution in [0.5, 0.6) is 5.75 Å². The number of benzene rings is 2. The number of carbonyl (C=O) groups is 1. The Labute approximate surface area is 158 Å². The van der Waals surface area contributed by atoms with Gasteiger partial charge in [-0.3, -0.25) is 4.79 Å². The molecule has 0 atom stereocenters. The highest BCUT2D eigenvalue weighted by Gasteiger charge is 2.26. The van der Waals surface area contributed by atoms with E-state index in [2.05, 4.69) is 21.0 Å². The van der Waals surface area contributed by atoms with E-state index in [-0.39, 0.29) is 5.91 Å². The number of hydrogen-bond acceptors (Lipinski definition) is 5. The van der Waals surface area contributed by atoms with Crippen LogP contribution >= 0.6 is 39.9 Å². The Morgan fingerprint density at radius 3 is 2.79 bits per heavy atom. The van der Waals surface area contributed by atoms with Crippen LogP contribution < -0.4 is 4.74 Å². The van der Waals surface area contributed by atoms with Gasteiger partial charge in [0.25, 0.3) is 5.91 Å². The van der Waals surface area contributed by atoms with Crippen molar-refractivity contribution in [2.24, 2.45) is 5.10 Å². The van der Waals surface area contributed by atoms with Crippen molar-refractivity contribution in [3.8, 4) is 5.75 Å². The Morgan fingerprint density at radius 2 is 2.08 bits per heavy atom. The third-order valence-electron chi connectivity index (χ3n) is 3.25. The molecule has 2 aromatic rings. The van der Waals surface area contributed by atoms with Crippen molar-refractivity contribution >= 4 is 56.4 Å². The Morgan fingerprint density at radius 1 is 1.29 bits per heavy atom. The maximum Gasteiger partial charge on any atom is 0.259 e. The number of hydrazone groups is 1. The van der Waals surface area contributed by atoms with Crippen molar-refractivity contribution in [1.82, 2.24) is 5.01 Å². The molecule has 0 saturated carbocycles. The quantitative estimate of drug-likeness (QED) is 0.536. The van der Waals surface area contributed by atoms with Crippen molar-refractivity contribution in [3.05, 3.63) is 64.1 Å². The van der Waals surface area contributed by atoms with Crippen LogP contribution in [0.15, 0.2) is 58.1 Å². The third-order valence-corrected chi connectivity index (χ3v) is 5.08. The molecule has 1 amide bonds.